The Hall–Kier alpha value is -2.14. The van der Waals surface area contributed by atoms with Crippen LogP contribution < -0.4 is 5.73 Å². The molecule has 0 saturated heterocycles. The fraction of sp³-hybridized carbons (Fsp3) is 0.200. The molecule has 20 heavy (non-hydrogen) atoms. The standard InChI is InChI=1S/C15H16N2O2S/c1-10-6-7-13(19-10)9-17(2)15(18)12-5-3-4-11(8-12)14(16)20/h3-8H,9H2,1-2H3,(H2,16,20). The molecule has 1 aromatic heterocycles. The summed E-state index contributed by atoms with van der Waals surface area (Å²) >= 11 is 4.92. The van der Waals surface area contributed by atoms with Gasteiger partial charge in [-0.2, -0.15) is 0 Å². The van der Waals surface area contributed by atoms with E-state index in [9.17, 15) is 4.79 Å². The van der Waals surface area contributed by atoms with Crippen LogP contribution in [0.25, 0.3) is 0 Å². The normalized spacial score (nSPS) is 10.3. The molecular formula is C15H16N2O2S. The summed E-state index contributed by atoms with van der Waals surface area (Å²) in [5.74, 6) is 1.48. The van der Waals surface area contributed by atoms with Crippen LogP contribution in [0.1, 0.15) is 27.4 Å². The highest BCUT2D eigenvalue weighted by Gasteiger charge is 2.14. The van der Waals surface area contributed by atoms with E-state index in [1.807, 2.05) is 19.1 Å². The van der Waals surface area contributed by atoms with Crippen molar-refractivity contribution in [2.24, 2.45) is 5.73 Å². The Kier molecular flexibility index (Phi) is 4.20. The molecule has 4 nitrogen and oxygen atoms in total. The van der Waals surface area contributed by atoms with Gasteiger partial charge in [-0.3, -0.25) is 4.79 Å². The van der Waals surface area contributed by atoms with E-state index >= 15 is 0 Å². The van der Waals surface area contributed by atoms with Gasteiger partial charge in [0, 0.05) is 18.2 Å². The quantitative estimate of drug-likeness (QED) is 0.878. The number of thiocarbonyl (C=S) groups is 1. The van der Waals surface area contributed by atoms with Crippen molar-refractivity contribution in [3.05, 3.63) is 59.0 Å². The van der Waals surface area contributed by atoms with E-state index in [1.54, 1.807) is 36.2 Å². The lowest BCUT2D eigenvalue weighted by Gasteiger charge is -2.16. The second kappa shape index (κ2) is 5.88. The molecule has 0 bridgehead atoms. The van der Waals surface area contributed by atoms with E-state index in [2.05, 4.69) is 0 Å². The SMILES string of the molecule is Cc1ccc(CN(C)C(=O)c2cccc(C(N)=S)c2)o1. The molecule has 0 aliphatic rings. The van der Waals surface area contributed by atoms with Crippen molar-refractivity contribution in [3.8, 4) is 0 Å². The topological polar surface area (TPSA) is 59.5 Å². The van der Waals surface area contributed by atoms with Gasteiger partial charge in [0.05, 0.1) is 6.54 Å². The second-order valence-corrected chi connectivity index (χ2v) is 5.06. The van der Waals surface area contributed by atoms with Crippen molar-refractivity contribution >= 4 is 23.1 Å². The molecule has 0 aliphatic carbocycles. The van der Waals surface area contributed by atoms with Crippen LogP contribution in [-0.2, 0) is 6.54 Å². The van der Waals surface area contributed by atoms with Crippen molar-refractivity contribution < 1.29 is 9.21 Å². The van der Waals surface area contributed by atoms with Gasteiger partial charge in [0.25, 0.3) is 5.91 Å². The molecule has 0 unspecified atom stereocenters. The molecule has 1 aromatic carbocycles. The summed E-state index contributed by atoms with van der Waals surface area (Å²) in [4.78, 5) is 14.2. The highest BCUT2D eigenvalue weighted by molar-refractivity contribution is 7.80. The molecule has 0 fully saturated rings. The lowest BCUT2D eigenvalue weighted by atomic mass is 10.1. The summed E-state index contributed by atoms with van der Waals surface area (Å²) in [5, 5.41) is 0. The zero-order chi connectivity index (χ0) is 14.7. The maximum atomic E-state index is 12.3. The first-order chi connectivity index (χ1) is 9.47. The summed E-state index contributed by atoms with van der Waals surface area (Å²) in [5.41, 5.74) is 6.82. The number of hydrogen-bond acceptors (Lipinski definition) is 3. The summed E-state index contributed by atoms with van der Waals surface area (Å²) in [6.45, 7) is 2.29. The minimum atomic E-state index is -0.0999. The van der Waals surface area contributed by atoms with E-state index in [4.69, 9.17) is 22.4 Å². The van der Waals surface area contributed by atoms with Gasteiger partial charge in [0.1, 0.15) is 16.5 Å². The van der Waals surface area contributed by atoms with Crippen LogP contribution in [0.5, 0.6) is 0 Å². The first-order valence-electron chi connectivity index (χ1n) is 6.18. The van der Waals surface area contributed by atoms with E-state index < -0.39 is 0 Å². The highest BCUT2D eigenvalue weighted by atomic mass is 32.1. The van der Waals surface area contributed by atoms with Crippen LogP contribution in [0.2, 0.25) is 0 Å². The lowest BCUT2D eigenvalue weighted by molar-refractivity contribution is 0.0775. The Morgan fingerprint density at radius 2 is 2.00 bits per heavy atom. The van der Waals surface area contributed by atoms with Crippen molar-refractivity contribution in [1.82, 2.24) is 4.90 Å². The number of carbonyl (C=O) groups is 1. The number of rotatable bonds is 4. The average molecular weight is 288 g/mol. The summed E-state index contributed by atoms with van der Waals surface area (Å²) < 4.78 is 5.47. The second-order valence-electron chi connectivity index (χ2n) is 4.62. The van der Waals surface area contributed by atoms with Gasteiger partial charge in [-0.1, -0.05) is 24.4 Å². The van der Waals surface area contributed by atoms with E-state index in [-0.39, 0.29) is 10.9 Å². The average Bonchev–Trinajstić information content (AvgIpc) is 2.83. The van der Waals surface area contributed by atoms with Crippen LogP contribution in [0.4, 0.5) is 0 Å². The monoisotopic (exact) mass is 288 g/mol. The van der Waals surface area contributed by atoms with Gasteiger partial charge in [0.15, 0.2) is 0 Å². The summed E-state index contributed by atoms with van der Waals surface area (Å²) in [6.07, 6.45) is 0. The van der Waals surface area contributed by atoms with Crippen LogP contribution in [0, 0.1) is 6.92 Å². The van der Waals surface area contributed by atoms with Crippen LogP contribution in [0.3, 0.4) is 0 Å². The third kappa shape index (κ3) is 3.24. The Balaban J connectivity index is 2.14. The number of benzene rings is 1. The summed E-state index contributed by atoms with van der Waals surface area (Å²) in [6, 6.07) is 10.7. The van der Waals surface area contributed by atoms with Crippen molar-refractivity contribution in [2.45, 2.75) is 13.5 Å². The molecule has 0 saturated carbocycles. The number of amides is 1. The Labute approximate surface area is 123 Å². The number of aryl methyl sites for hydroxylation is 1. The molecule has 0 spiro atoms. The fourth-order valence-corrected chi connectivity index (χ4v) is 2.03. The van der Waals surface area contributed by atoms with Crippen molar-refractivity contribution in [2.75, 3.05) is 7.05 Å². The van der Waals surface area contributed by atoms with Crippen LogP contribution in [0.15, 0.2) is 40.8 Å². The number of nitrogens with two attached hydrogens (primary N) is 1. The minimum Gasteiger partial charge on any atom is -0.464 e. The molecule has 1 heterocycles. The number of furan rings is 1. The Bertz CT molecular complexity index is 649. The molecular weight excluding hydrogens is 272 g/mol. The lowest BCUT2D eigenvalue weighted by Crippen LogP contribution is -2.26. The van der Waals surface area contributed by atoms with E-state index in [0.29, 0.717) is 17.7 Å². The van der Waals surface area contributed by atoms with E-state index in [1.165, 1.54) is 0 Å². The van der Waals surface area contributed by atoms with Crippen LogP contribution in [-0.4, -0.2) is 22.8 Å². The molecule has 104 valence electrons. The van der Waals surface area contributed by atoms with E-state index in [0.717, 1.165) is 11.5 Å². The predicted molar refractivity (Wildman–Crippen MR) is 81.6 cm³/mol. The van der Waals surface area contributed by atoms with Gasteiger partial charge in [-0.15, -0.1) is 0 Å². The maximum absolute atomic E-state index is 12.3. The van der Waals surface area contributed by atoms with Gasteiger partial charge >= 0.3 is 0 Å². The smallest absolute Gasteiger partial charge is 0.254 e. The zero-order valence-corrected chi connectivity index (χ0v) is 12.2. The highest BCUT2D eigenvalue weighted by Crippen LogP contribution is 2.12. The molecule has 0 atom stereocenters. The molecule has 5 heteroatoms. The summed E-state index contributed by atoms with van der Waals surface area (Å²) in [7, 11) is 1.73. The van der Waals surface area contributed by atoms with Gasteiger partial charge in [0.2, 0.25) is 0 Å². The first-order valence-corrected chi connectivity index (χ1v) is 6.59. The van der Waals surface area contributed by atoms with Gasteiger partial charge in [-0.25, -0.2) is 0 Å². The minimum absolute atomic E-state index is 0.0999. The Morgan fingerprint density at radius 1 is 1.30 bits per heavy atom. The molecule has 0 radical (unpaired) electrons. The largest absolute Gasteiger partial charge is 0.464 e. The zero-order valence-electron chi connectivity index (χ0n) is 11.4. The molecule has 2 N–H and O–H groups in total. The molecule has 2 rings (SSSR count). The third-order valence-electron chi connectivity index (χ3n) is 2.93. The van der Waals surface area contributed by atoms with Gasteiger partial charge in [-0.05, 0) is 31.2 Å². The number of carbonyl (C=O) groups excluding carboxylic acids is 1. The fourth-order valence-electron chi connectivity index (χ4n) is 1.90. The third-order valence-corrected chi connectivity index (χ3v) is 3.17. The van der Waals surface area contributed by atoms with Crippen molar-refractivity contribution in [3.63, 3.8) is 0 Å². The van der Waals surface area contributed by atoms with Crippen molar-refractivity contribution in [1.29, 1.82) is 0 Å². The number of hydrogen-bond donors (Lipinski definition) is 1. The molecule has 2 aromatic rings. The predicted octanol–water partition coefficient (Wildman–Crippen LogP) is 2.49. The molecule has 0 aliphatic heterocycles. The number of nitrogens with zero attached hydrogens (tertiary/aromatic N) is 1. The van der Waals surface area contributed by atoms with Crippen LogP contribution >= 0.6 is 12.2 Å². The van der Waals surface area contributed by atoms with Gasteiger partial charge < -0.3 is 15.1 Å². The maximum Gasteiger partial charge on any atom is 0.254 e. The molecule has 1 amide bonds. The first kappa shape index (κ1) is 14.3. The Morgan fingerprint density at radius 3 is 2.60 bits per heavy atom.